The predicted molar refractivity (Wildman–Crippen MR) is 91.6 cm³/mol. The number of methoxy groups -OCH3 is 1. The lowest BCUT2D eigenvalue weighted by atomic mass is 10.2. The molecular formula is C19H21NO4. The summed E-state index contributed by atoms with van der Waals surface area (Å²) in [6.45, 7) is 1.66. The average molecular weight is 327 g/mol. The molecule has 0 amide bonds. The Balaban J connectivity index is 1.51. The first-order valence-electron chi connectivity index (χ1n) is 7.99. The van der Waals surface area contributed by atoms with Crippen molar-refractivity contribution in [1.29, 1.82) is 0 Å². The van der Waals surface area contributed by atoms with Crippen LogP contribution >= 0.6 is 0 Å². The summed E-state index contributed by atoms with van der Waals surface area (Å²) >= 11 is 0. The van der Waals surface area contributed by atoms with Gasteiger partial charge in [-0.15, -0.1) is 0 Å². The molecule has 5 heteroatoms. The Bertz CT molecular complexity index is 699. The highest BCUT2D eigenvalue weighted by atomic mass is 16.5. The normalized spacial score (nSPS) is 14.2. The van der Waals surface area contributed by atoms with Gasteiger partial charge in [0, 0.05) is 18.8 Å². The van der Waals surface area contributed by atoms with Crippen LogP contribution in [-0.4, -0.2) is 44.0 Å². The minimum atomic E-state index is -0.587. The number of aliphatic hydroxyl groups excluding tert-OH is 1. The molecule has 0 fully saturated rings. The molecule has 126 valence electrons. The van der Waals surface area contributed by atoms with Gasteiger partial charge in [0.1, 0.15) is 18.5 Å². The third kappa shape index (κ3) is 3.68. The third-order valence-electron chi connectivity index (χ3n) is 4.13. The smallest absolute Gasteiger partial charge is 0.337 e. The Morgan fingerprint density at radius 2 is 1.96 bits per heavy atom. The van der Waals surface area contributed by atoms with Crippen LogP contribution in [0.15, 0.2) is 48.5 Å². The number of hydrogen-bond acceptors (Lipinski definition) is 5. The zero-order valence-corrected chi connectivity index (χ0v) is 13.6. The molecule has 0 aromatic heterocycles. The van der Waals surface area contributed by atoms with Crippen LogP contribution in [0.1, 0.15) is 15.9 Å². The van der Waals surface area contributed by atoms with Crippen molar-refractivity contribution in [1.82, 2.24) is 0 Å². The van der Waals surface area contributed by atoms with Gasteiger partial charge in [-0.05, 0) is 42.3 Å². The van der Waals surface area contributed by atoms with Gasteiger partial charge in [-0.2, -0.15) is 0 Å². The first kappa shape index (κ1) is 16.3. The molecule has 3 rings (SSSR count). The second-order valence-electron chi connectivity index (χ2n) is 5.81. The summed E-state index contributed by atoms with van der Waals surface area (Å²) < 4.78 is 10.3. The van der Waals surface area contributed by atoms with E-state index in [2.05, 4.69) is 21.8 Å². The van der Waals surface area contributed by atoms with E-state index < -0.39 is 6.10 Å². The molecule has 0 aliphatic carbocycles. The van der Waals surface area contributed by atoms with Crippen LogP contribution < -0.4 is 9.64 Å². The van der Waals surface area contributed by atoms with Crippen LogP contribution in [0.4, 0.5) is 5.69 Å². The Kier molecular flexibility index (Phi) is 5.01. The number of β-amino-alcohol motifs (C(OH)–C–C–N with tert-alkyl or cyclic N) is 1. The fraction of sp³-hybridized carbons (Fsp3) is 0.316. The number of aliphatic hydroxyl groups is 1. The molecule has 1 heterocycles. The summed E-state index contributed by atoms with van der Waals surface area (Å²) in [5.41, 5.74) is 2.99. The number of esters is 1. The van der Waals surface area contributed by atoms with Crippen molar-refractivity contribution in [3.8, 4) is 5.75 Å². The molecule has 0 spiro atoms. The molecule has 0 saturated heterocycles. The molecule has 2 aromatic carbocycles. The molecule has 1 aliphatic rings. The number of rotatable bonds is 6. The molecule has 5 nitrogen and oxygen atoms in total. The minimum absolute atomic E-state index is 0.205. The summed E-state index contributed by atoms with van der Waals surface area (Å²) in [5, 5.41) is 10.2. The zero-order valence-electron chi connectivity index (χ0n) is 13.6. The molecular weight excluding hydrogens is 306 g/mol. The number of nitrogens with zero attached hydrogens (tertiary/aromatic N) is 1. The number of para-hydroxylation sites is 1. The van der Waals surface area contributed by atoms with Gasteiger partial charge in [0.15, 0.2) is 0 Å². The number of ether oxygens (including phenoxy) is 2. The standard InChI is InChI=1S/C19H21NO4/c1-23-19(22)15-6-8-17(9-7-15)24-13-16(21)12-20-11-10-14-4-2-3-5-18(14)20/h2-9,16,21H,10-13H2,1H3/t16-/m1/s1. The molecule has 0 saturated carbocycles. The van der Waals surface area contributed by atoms with E-state index in [1.807, 2.05) is 12.1 Å². The van der Waals surface area contributed by atoms with Crippen LogP contribution in [0, 0.1) is 0 Å². The van der Waals surface area contributed by atoms with E-state index in [0.717, 1.165) is 13.0 Å². The zero-order chi connectivity index (χ0) is 16.9. The second-order valence-corrected chi connectivity index (χ2v) is 5.81. The number of benzene rings is 2. The van der Waals surface area contributed by atoms with Gasteiger partial charge in [0.2, 0.25) is 0 Å². The molecule has 24 heavy (non-hydrogen) atoms. The van der Waals surface area contributed by atoms with E-state index in [1.165, 1.54) is 18.4 Å². The topological polar surface area (TPSA) is 59.0 Å². The lowest BCUT2D eigenvalue weighted by Gasteiger charge is -2.23. The highest BCUT2D eigenvalue weighted by Crippen LogP contribution is 2.27. The van der Waals surface area contributed by atoms with E-state index in [1.54, 1.807) is 24.3 Å². The maximum Gasteiger partial charge on any atom is 0.337 e. The van der Waals surface area contributed by atoms with Gasteiger partial charge >= 0.3 is 5.97 Å². The third-order valence-corrected chi connectivity index (χ3v) is 4.13. The van der Waals surface area contributed by atoms with Gasteiger partial charge < -0.3 is 19.5 Å². The Labute approximate surface area is 141 Å². The molecule has 2 aromatic rings. The lowest BCUT2D eigenvalue weighted by Crippen LogP contribution is -2.34. The van der Waals surface area contributed by atoms with Crippen molar-refractivity contribution >= 4 is 11.7 Å². The van der Waals surface area contributed by atoms with E-state index in [4.69, 9.17) is 4.74 Å². The van der Waals surface area contributed by atoms with E-state index in [9.17, 15) is 9.90 Å². The maximum absolute atomic E-state index is 11.4. The molecule has 1 atom stereocenters. The quantitative estimate of drug-likeness (QED) is 0.825. The average Bonchev–Trinajstić information content (AvgIpc) is 3.03. The van der Waals surface area contributed by atoms with Gasteiger partial charge in [0.05, 0.1) is 12.7 Å². The van der Waals surface area contributed by atoms with Crippen molar-refractivity contribution in [3.63, 3.8) is 0 Å². The van der Waals surface area contributed by atoms with Crippen molar-refractivity contribution in [2.24, 2.45) is 0 Å². The fourth-order valence-corrected chi connectivity index (χ4v) is 2.90. The summed E-state index contributed by atoms with van der Waals surface area (Å²) in [5.74, 6) is 0.234. The van der Waals surface area contributed by atoms with Crippen molar-refractivity contribution in [2.75, 3.05) is 31.7 Å². The number of fused-ring (bicyclic) bond motifs is 1. The molecule has 0 radical (unpaired) electrons. The maximum atomic E-state index is 11.4. The fourth-order valence-electron chi connectivity index (χ4n) is 2.90. The number of carbonyl (C=O) groups excluding carboxylic acids is 1. The van der Waals surface area contributed by atoms with Crippen molar-refractivity contribution in [3.05, 3.63) is 59.7 Å². The number of carbonyl (C=O) groups is 1. The Morgan fingerprint density at radius 1 is 1.21 bits per heavy atom. The molecule has 0 bridgehead atoms. The number of anilines is 1. The summed E-state index contributed by atoms with van der Waals surface area (Å²) in [6.07, 6.45) is 0.426. The van der Waals surface area contributed by atoms with Gasteiger partial charge in [0.25, 0.3) is 0 Å². The first-order chi connectivity index (χ1) is 11.7. The van der Waals surface area contributed by atoms with E-state index in [-0.39, 0.29) is 12.6 Å². The second kappa shape index (κ2) is 7.36. The highest BCUT2D eigenvalue weighted by molar-refractivity contribution is 5.89. The minimum Gasteiger partial charge on any atom is -0.491 e. The van der Waals surface area contributed by atoms with E-state index in [0.29, 0.717) is 17.9 Å². The molecule has 0 unspecified atom stereocenters. The van der Waals surface area contributed by atoms with Gasteiger partial charge in [-0.3, -0.25) is 0 Å². The SMILES string of the molecule is COC(=O)c1ccc(OC[C@H](O)CN2CCc3ccccc32)cc1. The number of hydrogen-bond donors (Lipinski definition) is 1. The largest absolute Gasteiger partial charge is 0.491 e. The van der Waals surface area contributed by atoms with Crippen LogP contribution in [-0.2, 0) is 11.2 Å². The predicted octanol–water partition coefficient (Wildman–Crippen LogP) is 2.28. The molecule has 1 aliphatic heterocycles. The monoisotopic (exact) mass is 327 g/mol. The van der Waals surface area contributed by atoms with Crippen LogP contribution in [0.25, 0.3) is 0 Å². The Hall–Kier alpha value is -2.53. The van der Waals surface area contributed by atoms with Crippen LogP contribution in [0.3, 0.4) is 0 Å². The van der Waals surface area contributed by atoms with Crippen LogP contribution in [0.5, 0.6) is 5.75 Å². The molecule has 1 N–H and O–H groups in total. The lowest BCUT2D eigenvalue weighted by molar-refractivity contribution is 0.0600. The summed E-state index contributed by atoms with van der Waals surface area (Å²) in [6, 6.07) is 15.0. The van der Waals surface area contributed by atoms with E-state index >= 15 is 0 Å². The van der Waals surface area contributed by atoms with Gasteiger partial charge in [-0.1, -0.05) is 18.2 Å². The van der Waals surface area contributed by atoms with Crippen molar-refractivity contribution < 1.29 is 19.4 Å². The Morgan fingerprint density at radius 3 is 2.71 bits per heavy atom. The summed E-state index contributed by atoms with van der Waals surface area (Å²) in [7, 11) is 1.35. The first-order valence-corrected chi connectivity index (χ1v) is 7.99. The van der Waals surface area contributed by atoms with Crippen molar-refractivity contribution in [2.45, 2.75) is 12.5 Å². The van der Waals surface area contributed by atoms with Gasteiger partial charge in [-0.25, -0.2) is 4.79 Å². The van der Waals surface area contributed by atoms with Crippen LogP contribution in [0.2, 0.25) is 0 Å². The summed E-state index contributed by atoms with van der Waals surface area (Å²) in [4.78, 5) is 13.6. The highest BCUT2D eigenvalue weighted by Gasteiger charge is 2.21.